The minimum atomic E-state index is -2.75. The number of benzene rings is 1. The zero-order chi connectivity index (χ0) is 16.9. The van der Waals surface area contributed by atoms with Crippen LogP contribution in [0.3, 0.4) is 0 Å². The molecule has 0 spiro atoms. The van der Waals surface area contributed by atoms with Crippen LogP contribution in [0.2, 0.25) is 0 Å². The molecule has 1 aromatic carbocycles. The minimum absolute atomic E-state index is 0.337. The molecule has 0 radical (unpaired) electrons. The highest BCUT2D eigenvalue weighted by molar-refractivity contribution is 5.78. The minimum Gasteiger partial charge on any atom is -0.508 e. The molecule has 122 valence electrons. The maximum absolute atomic E-state index is 9.88. The third kappa shape index (κ3) is 2.45. The van der Waals surface area contributed by atoms with E-state index in [-0.39, 0.29) is 0 Å². The van der Waals surface area contributed by atoms with Gasteiger partial charge in [0, 0.05) is 5.57 Å². The molecule has 0 saturated carbocycles. The predicted octanol–water partition coefficient (Wildman–Crippen LogP) is 2.91. The molecule has 3 aliphatic rings. The summed E-state index contributed by atoms with van der Waals surface area (Å²) in [4.78, 5) is 0. The molecule has 1 aromatic rings. The standard InChI is InChI=1S/C20H18O4/c21-19-3-1-2-17(19)15-5-4-12(11-15)13-6-8-16-14(10-13)7-9-18(16)20(22,23)24/h1,3,5-11,18,21-24H,2,4H2. The summed E-state index contributed by atoms with van der Waals surface area (Å²) >= 11 is 0. The van der Waals surface area contributed by atoms with Crippen LogP contribution in [-0.4, -0.2) is 26.4 Å². The van der Waals surface area contributed by atoms with Gasteiger partial charge in [0.25, 0.3) is 5.97 Å². The van der Waals surface area contributed by atoms with Gasteiger partial charge < -0.3 is 20.4 Å². The van der Waals surface area contributed by atoms with Crippen LogP contribution in [0, 0.1) is 0 Å². The van der Waals surface area contributed by atoms with Crippen molar-refractivity contribution >= 4 is 11.6 Å². The van der Waals surface area contributed by atoms with Crippen LogP contribution in [0.4, 0.5) is 0 Å². The summed E-state index contributed by atoms with van der Waals surface area (Å²) in [5.74, 6) is -3.24. The van der Waals surface area contributed by atoms with Gasteiger partial charge in [-0.3, -0.25) is 0 Å². The van der Waals surface area contributed by atoms with E-state index in [1.54, 1.807) is 18.2 Å². The van der Waals surface area contributed by atoms with Crippen molar-refractivity contribution in [2.45, 2.75) is 24.7 Å². The summed E-state index contributed by atoms with van der Waals surface area (Å²) in [5, 5.41) is 38.2. The van der Waals surface area contributed by atoms with Gasteiger partial charge in [-0.2, -0.15) is 0 Å². The molecule has 4 N–H and O–H groups in total. The lowest BCUT2D eigenvalue weighted by atomic mass is 9.94. The zero-order valence-corrected chi connectivity index (χ0v) is 13.0. The Hall–Kier alpha value is -2.40. The molecule has 3 aliphatic carbocycles. The van der Waals surface area contributed by atoms with Gasteiger partial charge in [0.1, 0.15) is 5.76 Å². The van der Waals surface area contributed by atoms with E-state index >= 15 is 0 Å². The van der Waals surface area contributed by atoms with Crippen molar-refractivity contribution in [3.05, 3.63) is 82.2 Å². The first-order valence-corrected chi connectivity index (χ1v) is 7.93. The second-order valence-corrected chi connectivity index (χ2v) is 6.37. The van der Waals surface area contributed by atoms with Crippen LogP contribution < -0.4 is 0 Å². The van der Waals surface area contributed by atoms with Crippen LogP contribution in [-0.2, 0) is 0 Å². The normalized spacial score (nSPS) is 22.2. The highest BCUT2D eigenvalue weighted by atomic mass is 16.7. The summed E-state index contributed by atoms with van der Waals surface area (Å²) in [6.07, 6.45) is 12.8. The van der Waals surface area contributed by atoms with E-state index in [4.69, 9.17) is 0 Å². The van der Waals surface area contributed by atoms with E-state index in [2.05, 4.69) is 12.2 Å². The van der Waals surface area contributed by atoms with E-state index < -0.39 is 11.9 Å². The Morgan fingerprint density at radius 2 is 1.88 bits per heavy atom. The monoisotopic (exact) mass is 322 g/mol. The number of aliphatic hydroxyl groups is 4. The van der Waals surface area contributed by atoms with Crippen LogP contribution in [0.1, 0.15) is 35.4 Å². The van der Waals surface area contributed by atoms with E-state index in [1.807, 2.05) is 24.3 Å². The Balaban J connectivity index is 1.62. The number of allylic oxidation sites excluding steroid dienone is 7. The largest absolute Gasteiger partial charge is 0.508 e. The van der Waals surface area contributed by atoms with Crippen molar-refractivity contribution in [1.82, 2.24) is 0 Å². The molecule has 0 amide bonds. The maximum atomic E-state index is 9.88. The van der Waals surface area contributed by atoms with Gasteiger partial charge in [-0.05, 0) is 52.8 Å². The molecule has 1 unspecified atom stereocenters. The van der Waals surface area contributed by atoms with E-state index in [0.717, 1.165) is 40.7 Å². The van der Waals surface area contributed by atoms with Crippen LogP contribution >= 0.6 is 0 Å². The SMILES string of the molecule is OC1=C(C2=CCC(c3ccc4c(c3)C=CC4C(O)(O)O)=C2)CC=C1. The molecule has 4 nitrogen and oxygen atoms in total. The highest BCUT2D eigenvalue weighted by Crippen LogP contribution is 2.39. The van der Waals surface area contributed by atoms with E-state index in [0.29, 0.717) is 11.3 Å². The number of aliphatic hydroxyl groups excluding tert-OH is 1. The van der Waals surface area contributed by atoms with Crippen molar-refractivity contribution in [2.24, 2.45) is 0 Å². The summed E-state index contributed by atoms with van der Waals surface area (Å²) in [7, 11) is 0. The van der Waals surface area contributed by atoms with Crippen LogP contribution in [0.15, 0.2) is 65.5 Å². The third-order valence-electron chi connectivity index (χ3n) is 4.81. The summed E-state index contributed by atoms with van der Waals surface area (Å²) < 4.78 is 0. The fourth-order valence-corrected chi connectivity index (χ4v) is 3.54. The molecular weight excluding hydrogens is 304 g/mol. The second kappa shape index (κ2) is 5.31. The summed E-state index contributed by atoms with van der Waals surface area (Å²) in [6, 6.07) is 5.73. The van der Waals surface area contributed by atoms with Crippen molar-refractivity contribution in [1.29, 1.82) is 0 Å². The first kappa shape index (κ1) is 15.1. The molecule has 0 saturated heterocycles. The second-order valence-electron chi connectivity index (χ2n) is 6.37. The Morgan fingerprint density at radius 1 is 1.04 bits per heavy atom. The zero-order valence-electron chi connectivity index (χ0n) is 13.0. The van der Waals surface area contributed by atoms with Crippen molar-refractivity contribution in [3.8, 4) is 0 Å². The number of hydrogen-bond acceptors (Lipinski definition) is 4. The molecule has 0 aliphatic heterocycles. The Morgan fingerprint density at radius 3 is 2.58 bits per heavy atom. The molecule has 24 heavy (non-hydrogen) atoms. The number of rotatable bonds is 3. The fraction of sp³-hybridized carbons (Fsp3) is 0.200. The van der Waals surface area contributed by atoms with Gasteiger partial charge in [-0.15, -0.1) is 0 Å². The maximum Gasteiger partial charge on any atom is 0.286 e. The lowest BCUT2D eigenvalue weighted by Crippen LogP contribution is -2.33. The molecule has 0 aromatic heterocycles. The van der Waals surface area contributed by atoms with Gasteiger partial charge in [0.05, 0.1) is 5.92 Å². The molecule has 4 rings (SSSR count). The van der Waals surface area contributed by atoms with Gasteiger partial charge in [-0.25, -0.2) is 0 Å². The van der Waals surface area contributed by atoms with Gasteiger partial charge in [-0.1, -0.05) is 42.5 Å². The van der Waals surface area contributed by atoms with Crippen LogP contribution in [0.25, 0.3) is 11.6 Å². The first-order chi connectivity index (χ1) is 11.4. The smallest absolute Gasteiger partial charge is 0.286 e. The van der Waals surface area contributed by atoms with E-state index in [9.17, 15) is 20.4 Å². The van der Waals surface area contributed by atoms with Crippen LogP contribution in [0.5, 0.6) is 0 Å². The lowest BCUT2D eigenvalue weighted by Gasteiger charge is -2.22. The summed E-state index contributed by atoms with van der Waals surface area (Å²) in [6.45, 7) is 0. The molecule has 4 heteroatoms. The molecule has 1 atom stereocenters. The third-order valence-corrected chi connectivity index (χ3v) is 4.81. The topological polar surface area (TPSA) is 80.9 Å². The Bertz CT molecular complexity index is 860. The quantitative estimate of drug-likeness (QED) is 0.645. The Kier molecular flexibility index (Phi) is 3.35. The first-order valence-electron chi connectivity index (χ1n) is 7.93. The van der Waals surface area contributed by atoms with Crippen molar-refractivity contribution in [3.63, 3.8) is 0 Å². The fourth-order valence-electron chi connectivity index (χ4n) is 3.54. The summed E-state index contributed by atoms with van der Waals surface area (Å²) in [5.41, 5.74) is 5.78. The lowest BCUT2D eigenvalue weighted by molar-refractivity contribution is -0.318. The molecular formula is C20H18O4. The highest BCUT2D eigenvalue weighted by Gasteiger charge is 2.35. The van der Waals surface area contributed by atoms with Gasteiger partial charge in [0.2, 0.25) is 0 Å². The number of hydrogen-bond donors (Lipinski definition) is 4. The predicted molar refractivity (Wildman–Crippen MR) is 91.7 cm³/mol. The molecule has 0 heterocycles. The van der Waals surface area contributed by atoms with Crippen molar-refractivity contribution in [2.75, 3.05) is 0 Å². The number of fused-ring (bicyclic) bond motifs is 1. The average Bonchev–Trinajstić information content (AvgIpc) is 3.23. The Labute approximate surface area is 139 Å². The molecule has 0 fully saturated rings. The average molecular weight is 322 g/mol. The van der Waals surface area contributed by atoms with E-state index in [1.165, 1.54) is 0 Å². The van der Waals surface area contributed by atoms with Gasteiger partial charge >= 0.3 is 0 Å². The van der Waals surface area contributed by atoms with Gasteiger partial charge in [0.15, 0.2) is 0 Å². The van der Waals surface area contributed by atoms with Crippen molar-refractivity contribution < 1.29 is 20.4 Å². The molecule has 0 bridgehead atoms.